The molecule has 0 bridgehead atoms. The number of ether oxygens (including phenoxy) is 1. The minimum atomic E-state index is 0.158. The van der Waals surface area contributed by atoms with Crippen LogP contribution in [0.4, 0.5) is 0 Å². The zero-order chi connectivity index (χ0) is 16.9. The SMILES string of the molecule is COC(=N)c1ccn2ccnc2c1.N#Cc1ccn2ccnc2c1. The first-order valence-electron chi connectivity index (χ1n) is 7.09. The van der Waals surface area contributed by atoms with Crippen molar-refractivity contribution in [3.63, 3.8) is 0 Å². The average molecular weight is 318 g/mol. The quantitative estimate of drug-likeness (QED) is 0.431. The van der Waals surface area contributed by atoms with E-state index in [0.29, 0.717) is 5.56 Å². The van der Waals surface area contributed by atoms with Gasteiger partial charge in [-0.2, -0.15) is 5.26 Å². The molecule has 1 N–H and O–H groups in total. The summed E-state index contributed by atoms with van der Waals surface area (Å²) >= 11 is 0. The number of hydrogen-bond acceptors (Lipinski definition) is 5. The van der Waals surface area contributed by atoms with Gasteiger partial charge in [0.2, 0.25) is 5.90 Å². The molecule has 24 heavy (non-hydrogen) atoms. The Kier molecular flexibility index (Phi) is 4.21. The third kappa shape index (κ3) is 3.08. The minimum Gasteiger partial charge on any atom is -0.481 e. The second kappa shape index (κ2) is 6.62. The average Bonchev–Trinajstić information content (AvgIpc) is 3.28. The zero-order valence-electron chi connectivity index (χ0n) is 12.9. The maximum absolute atomic E-state index is 8.55. The molecule has 0 aromatic carbocycles. The van der Waals surface area contributed by atoms with Crippen molar-refractivity contribution in [2.24, 2.45) is 0 Å². The highest BCUT2D eigenvalue weighted by Crippen LogP contribution is 2.06. The molecule has 4 aromatic rings. The molecular formula is C17H14N6O. The summed E-state index contributed by atoms with van der Waals surface area (Å²) in [6.45, 7) is 0. The van der Waals surface area contributed by atoms with E-state index in [-0.39, 0.29) is 5.90 Å². The van der Waals surface area contributed by atoms with E-state index in [2.05, 4.69) is 16.0 Å². The van der Waals surface area contributed by atoms with Crippen LogP contribution in [0, 0.1) is 16.7 Å². The molecule has 4 heterocycles. The van der Waals surface area contributed by atoms with Crippen LogP contribution in [-0.4, -0.2) is 31.8 Å². The molecule has 0 fully saturated rings. The highest BCUT2D eigenvalue weighted by atomic mass is 16.5. The van der Waals surface area contributed by atoms with E-state index >= 15 is 0 Å². The van der Waals surface area contributed by atoms with Crippen LogP contribution in [0.3, 0.4) is 0 Å². The van der Waals surface area contributed by atoms with Gasteiger partial charge in [-0.25, -0.2) is 9.97 Å². The summed E-state index contributed by atoms with van der Waals surface area (Å²) in [6.07, 6.45) is 10.8. The molecule has 0 spiro atoms. The molecule has 7 nitrogen and oxygen atoms in total. The predicted octanol–water partition coefficient (Wildman–Crippen LogP) is 2.51. The number of methoxy groups -OCH3 is 1. The Morgan fingerprint density at radius 2 is 1.67 bits per heavy atom. The molecule has 0 saturated heterocycles. The van der Waals surface area contributed by atoms with Crippen molar-refractivity contribution in [1.82, 2.24) is 18.8 Å². The first-order chi connectivity index (χ1) is 11.7. The van der Waals surface area contributed by atoms with Crippen LogP contribution in [0.5, 0.6) is 0 Å². The van der Waals surface area contributed by atoms with Crippen LogP contribution in [-0.2, 0) is 4.74 Å². The molecule has 4 aromatic heterocycles. The number of pyridine rings is 2. The molecule has 0 aliphatic heterocycles. The van der Waals surface area contributed by atoms with E-state index in [0.717, 1.165) is 16.9 Å². The highest BCUT2D eigenvalue weighted by Gasteiger charge is 2.01. The lowest BCUT2D eigenvalue weighted by Gasteiger charge is -2.01. The van der Waals surface area contributed by atoms with Crippen LogP contribution in [0.15, 0.2) is 61.4 Å². The van der Waals surface area contributed by atoms with Crippen molar-refractivity contribution < 1.29 is 4.74 Å². The van der Waals surface area contributed by atoms with Gasteiger partial charge in [-0.3, -0.25) is 5.41 Å². The lowest BCUT2D eigenvalue weighted by atomic mass is 10.2. The van der Waals surface area contributed by atoms with Crippen LogP contribution in [0.1, 0.15) is 11.1 Å². The van der Waals surface area contributed by atoms with Crippen molar-refractivity contribution in [3.8, 4) is 6.07 Å². The van der Waals surface area contributed by atoms with Gasteiger partial charge in [0.15, 0.2) is 0 Å². The number of nitriles is 1. The van der Waals surface area contributed by atoms with Crippen LogP contribution in [0.25, 0.3) is 11.3 Å². The smallest absolute Gasteiger partial charge is 0.213 e. The molecule has 0 saturated carbocycles. The number of hydrogen-bond donors (Lipinski definition) is 1. The van der Waals surface area contributed by atoms with Gasteiger partial charge >= 0.3 is 0 Å². The number of fused-ring (bicyclic) bond motifs is 2. The van der Waals surface area contributed by atoms with Gasteiger partial charge < -0.3 is 13.5 Å². The maximum atomic E-state index is 8.55. The monoisotopic (exact) mass is 318 g/mol. The zero-order valence-corrected chi connectivity index (χ0v) is 12.9. The van der Waals surface area contributed by atoms with Crippen LogP contribution < -0.4 is 0 Å². The normalized spacial score (nSPS) is 10.0. The fourth-order valence-electron chi connectivity index (χ4n) is 2.15. The predicted molar refractivity (Wildman–Crippen MR) is 88.9 cm³/mol. The topological polar surface area (TPSA) is 91.5 Å². The molecule has 7 heteroatoms. The van der Waals surface area contributed by atoms with E-state index in [9.17, 15) is 0 Å². The third-order valence-electron chi connectivity index (χ3n) is 3.39. The summed E-state index contributed by atoms with van der Waals surface area (Å²) in [5, 5.41) is 16.0. The summed E-state index contributed by atoms with van der Waals surface area (Å²) in [5.41, 5.74) is 3.01. The van der Waals surface area contributed by atoms with E-state index in [4.69, 9.17) is 15.4 Å². The first kappa shape index (κ1) is 15.2. The van der Waals surface area contributed by atoms with E-state index < -0.39 is 0 Å². The van der Waals surface area contributed by atoms with E-state index in [1.165, 1.54) is 7.11 Å². The summed E-state index contributed by atoms with van der Waals surface area (Å²) in [5.74, 6) is 0.158. The van der Waals surface area contributed by atoms with Gasteiger partial charge in [0.1, 0.15) is 11.3 Å². The van der Waals surface area contributed by atoms with Gasteiger partial charge in [0, 0.05) is 42.7 Å². The summed E-state index contributed by atoms with van der Waals surface area (Å²) in [7, 11) is 1.48. The standard InChI is InChI=1S/C9H9N3O.C8H5N3/c1-13-9(10)7-2-4-12-5-3-11-8(12)6-7;9-6-7-1-3-11-4-2-10-8(11)5-7/h2-6,10H,1H3;1-5H. The highest BCUT2D eigenvalue weighted by molar-refractivity contribution is 5.92. The lowest BCUT2D eigenvalue weighted by Crippen LogP contribution is -2.01. The minimum absolute atomic E-state index is 0.158. The summed E-state index contributed by atoms with van der Waals surface area (Å²) in [4.78, 5) is 8.15. The molecule has 0 radical (unpaired) electrons. The van der Waals surface area contributed by atoms with Gasteiger partial charge in [-0.1, -0.05) is 0 Å². The fourth-order valence-corrected chi connectivity index (χ4v) is 2.15. The number of rotatable bonds is 1. The van der Waals surface area contributed by atoms with Gasteiger partial charge in [-0.05, 0) is 24.3 Å². The van der Waals surface area contributed by atoms with Crippen molar-refractivity contribution in [2.45, 2.75) is 0 Å². The summed E-state index contributed by atoms with van der Waals surface area (Å²) in [6, 6.07) is 9.20. The van der Waals surface area contributed by atoms with Crippen LogP contribution >= 0.6 is 0 Å². The molecule has 4 rings (SSSR count). The van der Waals surface area contributed by atoms with E-state index in [1.807, 2.05) is 45.7 Å². The molecule has 0 atom stereocenters. The molecule has 0 unspecified atom stereocenters. The Balaban J connectivity index is 0.000000143. The number of aromatic nitrogens is 4. The number of imidazole rings is 2. The Morgan fingerprint density at radius 3 is 2.29 bits per heavy atom. The van der Waals surface area contributed by atoms with Gasteiger partial charge in [0.05, 0.1) is 18.7 Å². The lowest BCUT2D eigenvalue weighted by molar-refractivity contribution is 0.401. The maximum Gasteiger partial charge on any atom is 0.213 e. The first-order valence-corrected chi connectivity index (χ1v) is 7.09. The molecule has 0 amide bonds. The van der Waals surface area contributed by atoms with Crippen molar-refractivity contribution in [1.29, 1.82) is 10.7 Å². The third-order valence-corrected chi connectivity index (χ3v) is 3.39. The second-order valence-corrected chi connectivity index (χ2v) is 4.86. The fraction of sp³-hybridized carbons (Fsp3) is 0.0588. The van der Waals surface area contributed by atoms with Gasteiger partial charge in [-0.15, -0.1) is 0 Å². The number of nitrogens with zero attached hydrogens (tertiary/aromatic N) is 5. The van der Waals surface area contributed by atoms with Crippen LogP contribution in [0.2, 0.25) is 0 Å². The Labute approximate surface area is 137 Å². The Bertz CT molecular complexity index is 1040. The molecule has 0 aliphatic carbocycles. The molecule has 0 aliphatic rings. The Morgan fingerprint density at radius 1 is 1.04 bits per heavy atom. The summed E-state index contributed by atoms with van der Waals surface area (Å²) < 4.78 is 8.55. The second-order valence-electron chi connectivity index (χ2n) is 4.86. The largest absolute Gasteiger partial charge is 0.481 e. The Hall–Kier alpha value is -3.66. The van der Waals surface area contributed by atoms with Crippen molar-refractivity contribution in [2.75, 3.05) is 7.11 Å². The van der Waals surface area contributed by atoms with E-state index in [1.54, 1.807) is 24.5 Å². The van der Waals surface area contributed by atoms with Crippen molar-refractivity contribution in [3.05, 3.63) is 72.6 Å². The van der Waals surface area contributed by atoms with Crippen molar-refractivity contribution >= 4 is 17.2 Å². The molecular weight excluding hydrogens is 304 g/mol. The molecule has 118 valence electrons. The number of nitrogens with one attached hydrogen (secondary N) is 1. The van der Waals surface area contributed by atoms with Gasteiger partial charge in [0.25, 0.3) is 0 Å².